The molecule has 0 amide bonds. The number of guanidine groups is 1. The lowest BCUT2D eigenvalue weighted by atomic mass is 10.1. The third kappa shape index (κ3) is 4.95. The molecule has 0 saturated carbocycles. The van der Waals surface area contributed by atoms with Crippen LogP contribution in [0.25, 0.3) is 5.69 Å². The highest BCUT2D eigenvalue weighted by Crippen LogP contribution is 2.19. The van der Waals surface area contributed by atoms with Crippen LogP contribution in [0.15, 0.2) is 65.2 Å². The maximum atomic E-state index is 4.44. The zero-order valence-electron chi connectivity index (χ0n) is 15.2. The van der Waals surface area contributed by atoms with E-state index in [4.69, 9.17) is 0 Å². The number of aliphatic imine (C=N–C) groups is 1. The number of thiophene rings is 1. The predicted octanol–water partition coefficient (Wildman–Crippen LogP) is 3.45. The van der Waals surface area contributed by atoms with Gasteiger partial charge in [-0.3, -0.25) is 4.99 Å². The number of rotatable bonds is 7. The molecule has 3 aromatic rings. The molecule has 1 aromatic carbocycles. The molecule has 0 aliphatic rings. The van der Waals surface area contributed by atoms with E-state index in [1.54, 1.807) is 18.4 Å². The minimum atomic E-state index is 0.470. The van der Waals surface area contributed by atoms with E-state index in [1.807, 2.05) is 29.1 Å². The van der Waals surface area contributed by atoms with Crippen molar-refractivity contribution in [2.75, 3.05) is 20.1 Å². The number of para-hydroxylation sites is 1. The van der Waals surface area contributed by atoms with Gasteiger partial charge in [-0.1, -0.05) is 31.2 Å². The van der Waals surface area contributed by atoms with E-state index < -0.39 is 0 Å². The molecule has 1 unspecified atom stereocenters. The van der Waals surface area contributed by atoms with Gasteiger partial charge in [-0.05, 0) is 35.6 Å². The molecule has 0 saturated heterocycles. The molecule has 3 rings (SSSR count). The summed E-state index contributed by atoms with van der Waals surface area (Å²) < 4.78 is 1.91. The Morgan fingerprint density at radius 2 is 2.04 bits per heavy atom. The summed E-state index contributed by atoms with van der Waals surface area (Å²) in [5, 5.41) is 13.3. The van der Waals surface area contributed by atoms with E-state index in [9.17, 15) is 0 Å². The van der Waals surface area contributed by atoms with Gasteiger partial charge in [-0.2, -0.15) is 5.10 Å². The van der Waals surface area contributed by atoms with Crippen LogP contribution in [-0.2, 0) is 6.42 Å². The molecule has 0 aliphatic carbocycles. The van der Waals surface area contributed by atoms with Crippen molar-refractivity contribution in [3.8, 4) is 5.69 Å². The van der Waals surface area contributed by atoms with Crippen LogP contribution in [0.3, 0.4) is 0 Å². The van der Waals surface area contributed by atoms with Gasteiger partial charge in [0.25, 0.3) is 0 Å². The molecule has 2 heterocycles. The number of hydrogen-bond donors (Lipinski definition) is 2. The molecule has 2 aromatic heterocycles. The molecule has 1 atom stereocenters. The van der Waals surface area contributed by atoms with Gasteiger partial charge < -0.3 is 10.6 Å². The highest BCUT2D eigenvalue weighted by atomic mass is 32.1. The molecule has 5 nitrogen and oxygen atoms in total. The number of hydrogen-bond acceptors (Lipinski definition) is 3. The first-order valence-corrected chi connectivity index (χ1v) is 9.71. The van der Waals surface area contributed by atoms with Crippen LogP contribution in [-0.4, -0.2) is 35.9 Å². The minimum Gasteiger partial charge on any atom is -0.356 e. The normalized spacial score (nSPS) is 12.8. The zero-order valence-corrected chi connectivity index (χ0v) is 16.0. The zero-order chi connectivity index (χ0) is 18.2. The first-order chi connectivity index (χ1) is 12.8. The average Bonchev–Trinajstić information content (AvgIpc) is 3.37. The van der Waals surface area contributed by atoms with Gasteiger partial charge in [0.05, 0.1) is 11.9 Å². The Balaban J connectivity index is 1.44. The quantitative estimate of drug-likeness (QED) is 0.497. The molecule has 0 spiro atoms. The lowest BCUT2D eigenvalue weighted by Gasteiger charge is -2.15. The molecule has 0 aliphatic heterocycles. The van der Waals surface area contributed by atoms with E-state index >= 15 is 0 Å². The van der Waals surface area contributed by atoms with E-state index in [0.29, 0.717) is 5.92 Å². The summed E-state index contributed by atoms with van der Waals surface area (Å²) in [5.41, 5.74) is 2.27. The van der Waals surface area contributed by atoms with Crippen molar-refractivity contribution in [2.24, 2.45) is 4.99 Å². The lowest BCUT2D eigenvalue weighted by molar-refractivity contribution is 0.707. The van der Waals surface area contributed by atoms with Crippen LogP contribution in [0.4, 0.5) is 0 Å². The van der Waals surface area contributed by atoms with Gasteiger partial charge in [-0.15, -0.1) is 11.3 Å². The molecule has 136 valence electrons. The van der Waals surface area contributed by atoms with Gasteiger partial charge in [0.1, 0.15) is 0 Å². The second-order valence-corrected chi connectivity index (χ2v) is 7.15. The molecule has 2 N–H and O–H groups in total. The van der Waals surface area contributed by atoms with Crippen molar-refractivity contribution in [1.29, 1.82) is 0 Å². The van der Waals surface area contributed by atoms with Gasteiger partial charge >= 0.3 is 0 Å². The summed E-state index contributed by atoms with van der Waals surface area (Å²) >= 11 is 1.80. The smallest absolute Gasteiger partial charge is 0.191 e. The molecular weight excluding hydrogens is 342 g/mol. The summed E-state index contributed by atoms with van der Waals surface area (Å²) in [6.45, 7) is 3.91. The number of aromatic nitrogens is 2. The fraction of sp³-hybridized carbons (Fsp3) is 0.300. The van der Waals surface area contributed by atoms with Crippen molar-refractivity contribution in [1.82, 2.24) is 20.4 Å². The van der Waals surface area contributed by atoms with Crippen molar-refractivity contribution in [3.05, 3.63) is 70.7 Å². The van der Waals surface area contributed by atoms with Gasteiger partial charge in [0.2, 0.25) is 0 Å². The molecule has 0 bridgehead atoms. The highest BCUT2D eigenvalue weighted by molar-refractivity contribution is 7.10. The van der Waals surface area contributed by atoms with Crippen LogP contribution >= 0.6 is 11.3 Å². The Labute approximate surface area is 158 Å². The molecular formula is C20H25N5S. The fourth-order valence-electron chi connectivity index (χ4n) is 2.68. The maximum absolute atomic E-state index is 4.44. The van der Waals surface area contributed by atoms with E-state index in [1.165, 1.54) is 10.4 Å². The summed E-state index contributed by atoms with van der Waals surface area (Å²) in [4.78, 5) is 5.69. The Bertz CT molecular complexity index is 808. The number of benzene rings is 1. The highest BCUT2D eigenvalue weighted by Gasteiger charge is 2.07. The SMILES string of the molecule is CN=C(NCCc1cnn(-c2ccccc2)c1)NCC(C)c1cccs1. The van der Waals surface area contributed by atoms with Crippen molar-refractivity contribution in [3.63, 3.8) is 0 Å². The Morgan fingerprint density at radius 1 is 1.19 bits per heavy atom. The minimum absolute atomic E-state index is 0.470. The first kappa shape index (κ1) is 18.2. The molecule has 26 heavy (non-hydrogen) atoms. The fourth-order valence-corrected chi connectivity index (χ4v) is 3.47. The monoisotopic (exact) mass is 367 g/mol. The van der Waals surface area contributed by atoms with E-state index in [-0.39, 0.29) is 0 Å². The molecule has 0 fully saturated rings. The van der Waals surface area contributed by atoms with Crippen LogP contribution in [0.1, 0.15) is 23.3 Å². The predicted molar refractivity (Wildman–Crippen MR) is 109 cm³/mol. The van der Waals surface area contributed by atoms with Crippen LogP contribution in [0.5, 0.6) is 0 Å². The standard InChI is InChI=1S/C20H25N5S/c1-16(19-9-6-12-26-19)13-23-20(21-2)22-11-10-17-14-24-25(15-17)18-7-4-3-5-8-18/h3-9,12,14-16H,10-11,13H2,1-2H3,(H2,21,22,23). The Morgan fingerprint density at radius 3 is 2.77 bits per heavy atom. The largest absolute Gasteiger partial charge is 0.356 e. The topological polar surface area (TPSA) is 54.2 Å². The summed E-state index contributed by atoms with van der Waals surface area (Å²) in [6, 6.07) is 14.4. The number of nitrogens with zero attached hydrogens (tertiary/aromatic N) is 3. The molecule has 0 radical (unpaired) electrons. The Hall–Kier alpha value is -2.60. The Kier molecular flexibility index (Phi) is 6.44. The van der Waals surface area contributed by atoms with Crippen LogP contribution in [0.2, 0.25) is 0 Å². The second kappa shape index (κ2) is 9.20. The average molecular weight is 368 g/mol. The van der Waals surface area contributed by atoms with Gasteiger partial charge in [0, 0.05) is 37.1 Å². The van der Waals surface area contributed by atoms with E-state index in [2.05, 4.69) is 63.5 Å². The van der Waals surface area contributed by atoms with Gasteiger partial charge in [-0.25, -0.2) is 4.68 Å². The van der Waals surface area contributed by atoms with Gasteiger partial charge in [0.15, 0.2) is 5.96 Å². The second-order valence-electron chi connectivity index (χ2n) is 6.18. The van der Waals surface area contributed by atoms with Crippen LogP contribution in [0, 0.1) is 0 Å². The summed E-state index contributed by atoms with van der Waals surface area (Å²) in [5.74, 6) is 1.31. The maximum Gasteiger partial charge on any atom is 0.191 e. The van der Waals surface area contributed by atoms with Crippen LogP contribution < -0.4 is 10.6 Å². The first-order valence-electron chi connectivity index (χ1n) is 8.83. The third-order valence-electron chi connectivity index (χ3n) is 4.19. The van der Waals surface area contributed by atoms with Crippen molar-refractivity contribution < 1.29 is 0 Å². The summed E-state index contributed by atoms with van der Waals surface area (Å²) in [6.07, 6.45) is 4.89. The number of nitrogens with one attached hydrogen (secondary N) is 2. The summed E-state index contributed by atoms with van der Waals surface area (Å²) in [7, 11) is 1.80. The third-order valence-corrected chi connectivity index (χ3v) is 5.29. The van der Waals surface area contributed by atoms with E-state index in [0.717, 1.165) is 31.2 Å². The lowest BCUT2D eigenvalue weighted by Crippen LogP contribution is -2.39. The van der Waals surface area contributed by atoms with Crippen molar-refractivity contribution >= 4 is 17.3 Å². The molecule has 6 heteroatoms. The van der Waals surface area contributed by atoms with Crippen molar-refractivity contribution in [2.45, 2.75) is 19.3 Å².